The van der Waals surface area contributed by atoms with Gasteiger partial charge in [-0.3, -0.25) is 4.79 Å². The van der Waals surface area contributed by atoms with E-state index in [0.29, 0.717) is 21.7 Å². The summed E-state index contributed by atoms with van der Waals surface area (Å²) in [5.41, 5.74) is 0.603. The van der Waals surface area contributed by atoms with Gasteiger partial charge in [0.25, 0.3) is 0 Å². The molecule has 1 amide bonds. The van der Waals surface area contributed by atoms with E-state index in [0.717, 1.165) is 19.4 Å². The number of aliphatic hydroxyl groups excluding tert-OH is 1. The van der Waals surface area contributed by atoms with Crippen molar-refractivity contribution in [1.29, 1.82) is 0 Å². The van der Waals surface area contributed by atoms with E-state index in [9.17, 15) is 9.90 Å². The number of carbonyl (C=O) groups is 1. The Morgan fingerprint density at radius 1 is 1.43 bits per heavy atom. The Labute approximate surface area is 134 Å². The smallest absolute Gasteiger partial charge is 0.223 e. The highest BCUT2D eigenvalue weighted by molar-refractivity contribution is 6.34. The molecule has 1 aliphatic heterocycles. The van der Waals surface area contributed by atoms with Gasteiger partial charge in [-0.1, -0.05) is 23.2 Å². The van der Waals surface area contributed by atoms with Crippen LogP contribution in [0.4, 0.5) is 0 Å². The van der Waals surface area contributed by atoms with Crippen LogP contribution in [0.2, 0.25) is 10.0 Å². The van der Waals surface area contributed by atoms with Crippen LogP contribution in [0, 0.1) is 5.92 Å². The molecule has 116 valence electrons. The van der Waals surface area contributed by atoms with Gasteiger partial charge in [-0.15, -0.1) is 0 Å². The number of amides is 1. The predicted octanol–water partition coefficient (Wildman–Crippen LogP) is 2.53. The Morgan fingerprint density at radius 2 is 2.10 bits per heavy atom. The third-order valence-electron chi connectivity index (χ3n) is 3.73. The molecule has 3 N–H and O–H groups in total. The highest BCUT2D eigenvalue weighted by atomic mass is 35.5. The summed E-state index contributed by atoms with van der Waals surface area (Å²) < 4.78 is 0. The average molecular weight is 331 g/mol. The van der Waals surface area contributed by atoms with E-state index in [1.807, 2.05) is 0 Å². The molecule has 1 unspecified atom stereocenters. The fourth-order valence-corrected chi connectivity index (χ4v) is 3.14. The maximum atomic E-state index is 12.1. The largest absolute Gasteiger partial charge is 0.387 e. The summed E-state index contributed by atoms with van der Waals surface area (Å²) in [6.07, 6.45) is 0.837. The molecule has 0 aliphatic carbocycles. The van der Waals surface area contributed by atoms with Crippen molar-refractivity contribution in [3.05, 3.63) is 33.8 Å². The van der Waals surface area contributed by atoms with E-state index in [-0.39, 0.29) is 18.4 Å². The van der Waals surface area contributed by atoms with Crippen molar-refractivity contribution in [3.63, 3.8) is 0 Å². The molecule has 21 heavy (non-hydrogen) atoms. The molecule has 1 saturated heterocycles. The molecule has 1 fully saturated rings. The number of halogens is 2. The van der Waals surface area contributed by atoms with E-state index in [1.54, 1.807) is 18.2 Å². The van der Waals surface area contributed by atoms with Crippen LogP contribution < -0.4 is 10.6 Å². The molecule has 3 atom stereocenters. The second-order valence-electron chi connectivity index (χ2n) is 5.54. The minimum Gasteiger partial charge on any atom is -0.387 e. The summed E-state index contributed by atoms with van der Waals surface area (Å²) in [5.74, 6) is 0.00641. The third-order valence-corrected chi connectivity index (χ3v) is 4.17. The summed E-state index contributed by atoms with van der Waals surface area (Å²) in [5, 5.41) is 17.2. The molecule has 0 bridgehead atoms. The van der Waals surface area contributed by atoms with Gasteiger partial charge in [0.05, 0.1) is 6.10 Å². The van der Waals surface area contributed by atoms with Gasteiger partial charge in [0, 0.05) is 28.5 Å². The summed E-state index contributed by atoms with van der Waals surface area (Å²) >= 11 is 11.8. The van der Waals surface area contributed by atoms with Crippen molar-refractivity contribution in [2.45, 2.75) is 31.9 Å². The van der Waals surface area contributed by atoms with Gasteiger partial charge in [-0.25, -0.2) is 0 Å². The van der Waals surface area contributed by atoms with Crippen molar-refractivity contribution >= 4 is 29.1 Å². The number of carbonyl (C=O) groups excluding carboxylic acids is 1. The fraction of sp³-hybridized carbons (Fsp3) is 0.533. The van der Waals surface area contributed by atoms with E-state index in [4.69, 9.17) is 23.2 Å². The van der Waals surface area contributed by atoms with Gasteiger partial charge in [-0.2, -0.15) is 0 Å². The number of rotatable bonds is 4. The normalized spacial score (nSPS) is 23.6. The monoisotopic (exact) mass is 330 g/mol. The van der Waals surface area contributed by atoms with Crippen LogP contribution in [0.3, 0.4) is 0 Å². The van der Waals surface area contributed by atoms with E-state index < -0.39 is 6.10 Å². The molecular formula is C15H20Cl2N2O2. The van der Waals surface area contributed by atoms with Crippen LogP contribution in [-0.2, 0) is 4.79 Å². The molecule has 0 aromatic heterocycles. The number of nitrogens with one attached hydrogen (secondary N) is 2. The van der Waals surface area contributed by atoms with Gasteiger partial charge in [0.1, 0.15) is 0 Å². The molecule has 6 heteroatoms. The highest BCUT2D eigenvalue weighted by Crippen LogP contribution is 2.23. The van der Waals surface area contributed by atoms with E-state index >= 15 is 0 Å². The van der Waals surface area contributed by atoms with Crippen LogP contribution in [0.15, 0.2) is 18.2 Å². The van der Waals surface area contributed by atoms with Gasteiger partial charge in [0.2, 0.25) is 5.91 Å². The fourth-order valence-electron chi connectivity index (χ4n) is 2.60. The van der Waals surface area contributed by atoms with Gasteiger partial charge >= 0.3 is 0 Å². The molecule has 0 spiro atoms. The number of benzene rings is 1. The Bertz CT molecular complexity index is 490. The summed E-state index contributed by atoms with van der Waals surface area (Å²) in [6.45, 7) is 3.09. The Balaban J connectivity index is 1.88. The summed E-state index contributed by atoms with van der Waals surface area (Å²) in [4.78, 5) is 12.1. The molecule has 1 aromatic carbocycles. The second-order valence-corrected chi connectivity index (χ2v) is 6.41. The quantitative estimate of drug-likeness (QED) is 0.795. The summed E-state index contributed by atoms with van der Waals surface area (Å²) in [7, 11) is 0. The topological polar surface area (TPSA) is 61.4 Å². The maximum absolute atomic E-state index is 12.1. The van der Waals surface area contributed by atoms with Crippen LogP contribution >= 0.6 is 23.2 Å². The molecule has 4 nitrogen and oxygen atoms in total. The predicted molar refractivity (Wildman–Crippen MR) is 84.6 cm³/mol. The third kappa shape index (κ3) is 4.85. The minimum atomic E-state index is -0.815. The number of piperidine rings is 1. The lowest BCUT2D eigenvalue weighted by atomic mass is 9.92. The zero-order chi connectivity index (χ0) is 15.4. The van der Waals surface area contributed by atoms with Crippen molar-refractivity contribution in [1.82, 2.24) is 10.6 Å². The van der Waals surface area contributed by atoms with Crippen molar-refractivity contribution in [3.8, 4) is 0 Å². The first kappa shape index (κ1) is 16.6. The molecule has 2 rings (SSSR count). The zero-order valence-corrected chi connectivity index (χ0v) is 13.4. The van der Waals surface area contributed by atoms with Crippen molar-refractivity contribution in [2.75, 3.05) is 13.1 Å². The van der Waals surface area contributed by atoms with Crippen LogP contribution in [-0.4, -0.2) is 30.1 Å². The Morgan fingerprint density at radius 3 is 2.71 bits per heavy atom. The molecule has 1 aliphatic rings. The lowest BCUT2D eigenvalue weighted by molar-refractivity contribution is -0.126. The molecule has 1 heterocycles. The standard InChI is InChI=1S/C15H20Cl2N2O2/c1-9-4-10(2-3-18-9)15(21)19-8-14(20)11-5-12(16)7-13(17)6-11/h5-7,9-10,14,18,20H,2-4,8H2,1H3,(H,19,21)/t9-,10-,14?/m0/s1. The first-order chi connectivity index (χ1) is 9.95. The van der Waals surface area contributed by atoms with E-state index in [2.05, 4.69) is 17.6 Å². The van der Waals surface area contributed by atoms with Gasteiger partial charge in [-0.05, 0) is 50.1 Å². The molecular weight excluding hydrogens is 311 g/mol. The van der Waals surface area contributed by atoms with Gasteiger partial charge in [0.15, 0.2) is 0 Å². The number of hydrogen-bond donors (Lipinski definition) is 3. The first-order valence-corrected chi connectivity index (χ1v) is 7.86. The number of hydrogen-bond acceptors (Lipinski definition) is 3. The van der Waals surface area contributed by atoms with Crippen LogP contribution in [0.1, 0.15) is 31.4 Å². The van der Waals surface area contributed by atoms with Crippen LogP contribution in [0.25, 0.3) is 0 Å². The number of aliphatic hydroxyl groups is 1. The van der Waals surface area contributed by atoms with Gasteiger partial charge < -0.3 is 15.7 Å². The highest BCUT2D eigenvalue weighted by Gasteiger charge is 2.25. The summed E-state index contributed by atoms with van der Waals surface area (Å²) in [6, 6.07) is 5.26. The van der Waals surface area contributed by atoms with E-state index in [1.165, 1.54) is 0 Å². The maximum Gasteiger partial charge on any atom is 0.223 e. The van der Waals surface area contributed by atoms with Crippen LogP contribution in [0.5, 0.6) is 0 Å². The molecule has 0 radical (unpaired) electrons. The molecule has 0 saturated carbocycles. The van der Waals surface area contributed by atoms with Crippen molar-refractivity contribution in [2.24, 2.45) is 5.92 Å². The molecule has 1 aromatic rings. The first-order valence-electron chi connectivity index (χ1n) is 7.11. The second kappa shape index (κ2) is 7.45. The van der Waals surface area contributed by atoms with Crippen molar-refractivity contribution < 1.29 is 9.90 Å². The minimum absolute atomic E-state index is 0.00414. The lowest BCUT2D eigenvalue weighted by Crippen LogP contribution is -2.43. The zero-order valence-electron chi connectivity index (χ0n) is 11.9. The Kier molecular flexibility index (Phi) is 5.88. The lowest BCUT2D eigenvalue weighted by Gasteiger charge is -2.27. The average Bonchev–Trinajstić information content (AvgIpc) is 2.43. The SMILES string of the molecule is C[C@H]1C[C@@H](C(=O)NCC(O)c2cc(Cl)cc(Cl)c2)CCN1. The Hall–Kier alpha value is -0.810.